The maximum atomic E-state index is 13.4. The van der Waals surface area contributed by atoms with Crippen molar-refractivity contribution >= 4 is 16.8 Å². The van der Waals surface area contributed by atoms with Crippen molar-refractivity contribution in [3.63, 3.8) is 0 Å². The number of rotatable bonds is 3. The van der Waals surface area contributed by atoms with E-state index >= 15 is 0 Å². The van der Waals surface area contributed by atoms with Gasteiger partial charge in [0.2, 0.25) is 0 Å². The lowest BCUT2D eigenvalue weighted by Gasteiger charge is -2.40. The summed E-state index contributed by atoms with van der Waals surface area (Å²) in [6.07, 6.45) is 0. The molecule has 1 aromatic heterocycles. The maximum Gasteiger partial charge on any atom is 0.261 e. The number of H-pyrrole nitrogens is 1. The van der Waals surface area contributed by atoms with Crippen LogP contribution in [-0.4, -0.2) is 54.5 Å². The molecule has 1 unspecified atom stereocenters. The highest BCUT2D eigenvalue weighted by molar-refractivity contribution is 5.97. The van der Waals surface area contributed by atoms with Gasteiger partial charge in [0.05, 0.1) is 18.7 Å². The monoisotopic (exact) mass is 395 g/mol. The number of nitrogens with zero attached hydrogens (tertiary/aromatic N) is 2. The SMILES string of the molecule is COc1ccccc1C1CN(C(=O)c2cc3ccc(F)cc3[nH]c2=O)CCN1C. The molecule has 150 valence electrons. The number of methoxy groups -OCH3 is 1. The molecule has 3 aromatic rings. The van der Waals surface area contributed by atoms with Crippen molar-refractivity contribution in [2.24, 2.45) is 0 Å². The molecule has 2 aromatic carbocycles. The second-order valence-electron chi connectivity index (χ2n) is 7.23. The summed E-state index contributed by atoms with van der Waals surface area (Å²) in [6, 6.07) is 13.3. The summed E-state index contributed by atoms with van der Waals surface area (Å²) in [7, 11) is 3.64. The lowest BCUT2D eigenvalue weighted by Crippen LogP contribution is -2.49. The van der Waals surface area contributed by atoms with Gasteiger partial charge in [0, 0.05) is 25.2 Å². The molecule has 0 radical (unpaired) electrons. The van der Waals surface area contributed by atoms with Crippen molar-refractivity contribution in [2.75, 3.05) is 33.8 Å². The van der Waals surface area contributed by atoms with Crippen LogP contribution in [-0.2, 0) is 0 Å². The van der Waals surface area contributed by atoms with Crippen LogP contribution >= 0.6 is 0 Å². The third-order valence-corrected chi connectivity index (χ3v) is 5.47. The normalized spacial score (nSPS) is 17.5. The van der Waals surface area contributed by atoms with Gasteiger partial charge in [0.15, 0.2) is 0 Å². The van der Waals surface area contributed by atoms with Gasteiger partial charge in [-0.05, 0) is 42.8 Å². The fourth-order valence-electron chi connectivity index (χ4n) is 3.84. The lowest BCUT2D eigenvalue weighted by atomic mass is 10.0. The molecular weight excluding hydrogens is 373 g/mol. The first-order valence-electron chi connectivity index (χ1n) is 9.43. The molecule has 0 aliphatic carbocycles. The third-order valence-electron chi connectivity index (χ3n) is 5.47. The van der Waals surface area contributed by atoms with Crippen molar-refractivity contribution in [1.82, 2.24) is 14.8 Å². The number of amides is 1. The number of carbonyl (C=O) groups excluding carboxylic acids is 1. The predicted octanol–water partition coefficient (Wildman–Crippen LogP) is 2.80. The zero-order chi connectivity index (χ0) is 20.5. The van der Waals surface area contributed by atoms with Gasteiger partial charge in [-0.2, -0.15) is 0 Å². The Morgan fingerprint density at radius 3 is 2.76 bits per heavy atom. The Hall–Kier alpha value is -3.19. The summed E-state index contributed by atoms with van der Waals surface area (Å²) in [6.45, 7) is 1.63. The summed E-state index contributed by atoms with van der Waals surface area (Å²) < 4.78 is 18.9. The van der Waals surface area contributed by atoms with Gasteiger partial charge in [-0.1, -0.05) is 18.2 Å². The van der Waals surface area contributed by atoms with E-state index in [2.05, 4.69) is 9.88 Å². The fourth-order valence-corrected chi connectivity index (χ4v) is 3.84. The molecular formula is C22H22FN3O3. The fraction of sp³-hybridized carbons (Fsp3) is 0.273. The number of halogens is 1. The number of carbonyl (C=O) groups is 1. The number of nitrogens with one attached hydrogen (secondary N) is 1. The van der Waals surface area contributed by atoms with Gasteiger partial charge in [-0.15, -0.1) is 0 Å². The average Bonchev–Trinajstić information content (AvgIpc) is 2.73. The summed E-state index contributed by atoms with van der Waals surface area (Å²) in [4.78, 5) is 32.1. The van der Waals surface area contributed by atoms with E-state index in [0.717, 1.165) is 11.3 Å². The van der Waals surface area contributed by atoms with E-state index in [9.17, 15) is 14.0 Å². The molecule has 2 heterocycles. The molecule has 1 atom stereocenters. The van der Waals surface area contributed by atoms with E-state index in [-0.39, 0.29) is 17.5 Å². The van der Waals surface area contributed by atoms with Crippen LogP contribution in [0.4, 0.5) is 4.39 Å². The number of likely N-dealkylation sites (N-methyl/N-ethyl adjacent to an activating group) is 1. The molecule has 0 saturated carbocycles. The Kier molecular flexibility index (Phi) is 5.07. The molecule has 1 saturated heterocycles. The smallest absolute Gasteiger partial charge is 0.261 e. The number of hydrogen-bond donors (Lipinski definition) is 1. The Labute approximate surface area is 167 Å². The molecule has 1 fully saturated rings. The molecule has 0 bridgehead atoms. The molecule has 4 rings (SSSR count). The first-order chi connectivity index (χ1) is 14.0. The van der Waals surface area contributed by atoms with E-state index in [1.807, 2.05) is 31.3 Å². The van der Waals surface area contributed by atoms with Crippen molar-refractivity contribution in [3.05, 3.63) is 75.8 Å². The van der Waals surface area contributed by atoms with Gasteiger partial charge in [0.25, 0.3) is 11.5 Å². The van der Waals surface area contributed by atoms with Crippen LogP contribution < -0.4 is 10.3 Å². The number of piperazine rings is 1. The quantitative estimate of drug-likeness (QED) is 0.741. The summed E-state index contributed by atoms with van der Waals surface area (Å²) in [5.41, 5.74) is 0.919. The second kappa shape index (κ2) is 7.67. The van der Waals surface area contributed by atoms with Crippen LogP contribution in [0, 0.1) is 5.82 Å². The molecule has 1 aliphatic heterocycles. The van der Waals surface area contributed by atoms with Crippen LogP contribution in [0.3, 0.4) is 0 Å². The minimum atomic E-state index is -0.513. The van der Waals surface area contributed by atoms with Crippen molar-refractivity contribution in [3.8, 4) is 5.75 Å². The number of aromatic amines is 1. The van der Waals surface area contributed by atoms with Gasteiger partial charge in [0.1, 0.15) is 17.1 Å². The molecule has 1 aliphatic rings. The van der Waals surface area contributed by atoms with Crippen molar-refractivity contribution in [2.45, 2.75) is 6.04 Å². The number of fused-ring (bicyclic) bond motifs is 1. The standard InChI is InChI=1S/C22H22FN3O3/c1-25-9-10-26(13-19(25)16-5-3-4-6-20(16)29-2)22(28)17-11-14-7-8-15(23)12-18(14)24-21(17)27/h3-8,11-12,19H,9-10,13H2,1-2H3,(H,24,27). The van der Waals surface area contributed by atoms with E-state index in [4.69, 9.17) is 4.74 Å². The highest BCUT2D eigenvalue weighted by Crippen LogP contribution is 2.31. The van der Waals surface area contributed by atoms with E-state index < -0.39 is 11.4 Å². The van der Waals surface area contributed by atoms with Crippen molar-refractivity contribution in [1.29, 1.82) is 0 Å². The number of ether oxygens (including phenoxy) is 1. The van der Waals surface area contributed by atoms with E-state index in [1.165, 1.54) is 18.2 Å². The van der Waals surface area contributed by atoms with Crippen LogP contribution in [0.2, 0.25) is 0 Å². The zero-order valence-corrected chi connectivity index (χ0v) is 16.3. The number of pyridine rings is 1. The number of para-hydroxylation sites is 1. The first-order valence-corrected chi connectivity index (χ1v) is 9.43. The molecule has 0 spiro atoms. The molecule has 29 heavy (non-hydrogen) atoms. The molecule has 1 N–H and O–H groups in total. The number of hydrogen-bond acceptors (Lipinski definition) is 4. The maximum absolute atomic E-state index is 13.4. The predicted molar refractivity (Wildman–Crippen MR) is 109 cm³/mol. The highest BCUT2D eigenvalue weighted by Gasteiger charge is 2.31. The molecule has 1 amide bonds. The average molecular weight is 395 g/mol. The van der Waals surface area contributed by atoms with E-state index in [1.54, 1.807) is 18.1 Å². The van der Waals surface area contributed by atoms with Crippen LogP contribution in [0.25, 0.3) is 10.9 Å². The summed E-state index contributed by atoms with van der Waals surface area (Å²) >= 11 is 0. The summed E-state index contributed by atoms with van der Waals surface area (Å²) in [5, 5.41) is 0.616. The minimum absolute atomic E-state index is 0.0440. The Balaban J connectivity index is 1.65. The van der Waals surface area contributed by atoms with Crippen LogP contribution in [0.5, 0.6) is 5.75 Å². The minimum Gasteiger partial charge on any atom is -0.496 e. The van der Waals surface area contributed by atoms with Gasteiger partial charge < -0.3 is 14.6 Å². The zero-order valence-electron chi connectivity index (χ0n) is 16.3. The largest absolute Gasteiger partial charge is 0.496 e. The Morgan fingerprint density at radius 2 is 1.97 bits per heavy atom. The van der Waals surface area contributed by atoms with Crippen molar-refractivity contribution < 1.29 is 13.9 Å². The molecule has 6 nitrogen and oxygen atoms in total. The third kappa shape index (κ3) is 3.61. The Bertz CT molecular complexity index is 1130. The lowest BCUT2D eigenvalue weighted by molar-refractivity contribution is 0.0541. The van der Waals surface area contributed by atoms with Gasteiger partial charge >= 0.3 is 0 Å². The molecule has 7 heteroatoms. The number of aromatic nitrogens is 1. The van der Waals surface area contributed by atoms with Gasteiger partial charge in [-0.3, -0.25) is 14.5 Å². The van der Waals surface area contributed by atoms with E-state index in [0.29, 0.717) is 30.5 Å². The van der Waals surface area contributed by atoms with Crippen LogP contribution in [0.1, 0.15) is 22.0 Å². The number of benzene rings is 2. The highest BCUT2D eigenvalue weighted by atomic mass is 19.1. The Morgan fingerprint density at radius 1 is 1.17 bits per heavy atom. The second-order valence-corrected chi connectivity index (χ2v) is 7.23. The van der Waals surface area contributed by atoms with Crippen LogP contribution in [0.15, 0.2) is 53.3 Å². The first kappa shape index (κ1) is 19.1. The topological polar surface area (TPSA) is 65.6 Å². The summed E-state index contributed by atoms with van der Waals surface area (Å²) in [5.74, 6) is 0.000598. The van der Waals surface area contributed by atoms with Gasteiger partial charge in [-0.25, -0.2) is 4.39 Å².